The number of anilines is 1. The monoisotopic (exact) mass is 303 g/mol. The molecule has 0 saturated heterocycles. The number of hydrogen-bond donors (Lipinski definition) is 3. The van der Waals surface area contributed by atoms with Crippen molar-refractivity contribution in [3.05, 3.63) is 41.2 Å². The minimum absolute atomic E-state index is 0.0596. The largest absolute Gasteiger partial charge is 0.508 e. The van der Waals surface area contributed by atoms with Crippen LogP contribution < -0.4 is 5.32 Å². The standard InChI is InChI=1S/C15H17N3O4/c1-3-22-14(21)12-8-17-15(18-9(12)2)16-7-10-6-11(19)4-5-13(10)20/h4-6,8,19-20H,3,7H2,1-2H3,(H,16,17,18). The molecular formula is C15H17N3O4. The van der Waals surface area contributed by atoms with Crippen molar-refractivity contribution in [3.63, 3.8) is 0 Å². The van der Waals surface area contributed by atoms with Crippen LogP contribution in [0.1, 0.15) is 28.5 Å². The Balaban J connectivity index is 2.09. The van der Waals surface area contributed by atoms with Crippen LogP contribution in [0.4, 0.5) is 5.95 Å². The van der Waals surface area contributed by atoms with Crippen LogP contribution in [0, 0.1) is 6.92 Å². The molecule has 0 aliphatic rings. The van der Waals surface area contributed by atoms with E-state index in [9.17, 15) is 15.0 Å². The van der Waals surface area contributed by atoms with Crippen LogP contribution in [0.2, 0.25) is 0 Å². The summed E-state index contributed by atoms with van der Waals surface area (Å²) in [5.74, 6) is -0.0278. The van der Waals surface area contributed by atoms with Crippen molar-refractivity contribution < 1.29 is 19.7 Å². The fourth-order valence-corrected chi connectivity index (χ4v) is 1.85. The molecule has 0 amide bonds. The van der Waals surface area contributed by atoms with Crippen molar-refractivity contribution in [2.45, 2.75) is 20.4 Å². The van der Waals surface area contributed by atoms with Crippen LogP contribution in [-0.4, -0.2) is 32.8 Å². The van der Waals surface area contributed by atoms with Gasteiger partial charge in [-0.1, -0.05) is 0 Å². The number of phenolic OH excluding ortho intramolecular Hbond substituents is 2. The van der Waals surface area contributed by atoms with E-state index in [2.05, 4.69) is 15.3 Å². The first kappa shape index (κ1) is 15.6. The molecule has 1 heterocycles. The highest BCUT2D eigenvalue weighted by Gasteiger charge is 2.12. The van der Waals surface area contributed by atoms with Crippen molar-refractivity contribution in [3.8, 4) is 11.5 Å². The zero-order valence-electron chi connectivity index (χ0n) is 12.3. The number of aryl methyl sites for hydroxylation is 1. The molecule has 116 valence electrons. The number of nitrogens with one attached hydrogen (secondary N) is 1. The van der Waals surface area contributed by atoms with E-state index in [1.807, 2.05) is 0 Å². The van der Waals surface area contributed by atoms with E-state index in [1.54, 1.807) is 13.8 Å². The highest BCUT2D eigenvalue weighted by atomic mass is 16.5. The maximum absolute atomic E-state index is 11.7. The lowest BCUT2D eigenvalue weighted by molar-refractivity contribution is 0.0524. The molecule has 2 aromatic rings. The molecule has 3 N–H and O–H groups in total. The summed E-state index contributed by atoms with van der Waals surface area (Å²) in [5, 5.41) is 22.0. The van der Waals surface area contributed by atoms with E-state index < -0.39 is 5.97 Å². The molecule has 22 heavy (non-hydrogen) atoms. The fraction of sp³-hybridized carbons (Fsp3) is 0.267. The third kappa shape index (κ3) is 3.63. The van der Waals surface area contributed by atoms with Crippen molar-refractivity contribution in [1.29, 1.82) is 0 Å². The van der Waals surface area contributed by atoms with Crippen LogP contribution in [0.5, 0.6) is 11.5 Å². The predicted molar refractivity (Wildman–Crippen MR) is 79.8 cm³/mol. The first-order chi connectivity index (χ1) is 10.5. The van der Waals surface area contributed by atoms with Gasteiger partial charge in [-0.05, 0) is 32.0 Å². The van der Waals surface area contributed by atoms with Crippen LogP contribution >= 0.6 is 0 Å². The van der Waals surface area contributed by atoms with Crippen molar-refractivity contribution in [2.24, 2.45) is 0 Å². The number of carbonyl (C=O) groups is 1. The van der Waals surface area contributed by atoms with Crippen LogP contribution in [0.25, 0.3) is 0 Å². The van der Waals surface area contributed by atoms with E-state index in [1.165, 1.54) is 24.4 Å². The number of aromatic nitrogens is 2. The molecule has 0 spiro atoms. The number of esters is 1. The molecule has 2 rings (SSSR count). The van der Waals surface area contributed by atoms with Gasteiger partial charge in [0.25, 0.3) is 0 Å². The Labute approximate surface area is 127 Å². The number of carbonyl (C=O) groups excluding carboxylic acids is 1. The molecule has 0 fully saturated rings. The van der Waals surface area contributed by atoms with E-state index in [4.69, 9.17) is 4.74 Å². The molecule has 0 radical (unpaired) electrons. The van der Waals surface area contributed by atoms with Gasteiger partial charge in [0, 0.05) is 18.3 Å². The quantitative estimate of drug-likeness (QED) is 0.573. The highest BCUT2D eigenvalue weighted by Crippen LogP contribution is 2.22. The summed E-state index contributed by atoms with van der Waals surface area (Å²) in [4.78, 5) is 19.9. The number of benzene rings is 1. The van der Waals surface area contributed by atoms with Crippen molar-refractivity contribution in [2.75, 3.05) is 11.9 Å². The van der Waals surface area contributed by atoms with E-state index in [-0.39, 0.29) is 24.7 Å². The Hall–Kier alpha value is -2.83. The summed E-state index contributed by atoms with van der Waals surface area (Å²) in [6, 6.07) is 4.25. The van der Waals surface area contributed by atoms with Crippen LogP contribution in [-0.2, 0) is 11.3 Å². The Morgan fingerprint density at radius 3 is 2.82 bits per heavy atom. The normalized spacial score (nSPS) is 10.3. The number of aromatic hydroxyl groups is 2. The number of phenols is 2. The molecule has 0 unspecified atom stereocenters. The Bertz CT molecular complexity index is 688. The summed E-state index contributed by atoms with van der Waals surface area (Å²) < 4.78 is 4.91. The minimum atomic E-state index is -0.461. The zero-order chi connectivity index (χ0) is 16.1. The molecule has 0 atom stereocenters. The first-order valence-electron chi connectivity index (χ1n) is 6.76. The predicted octanol–water partition coefficient (Wildman–Crippen LogP) is 1.99. The number of ether oxygens (including phenoxy) is 1. The van der Waals surface area contributed by atoms with E-state index >= 15 is 0 Å². The lowest BCUT2D eigenvalue weighted by Crippen LogP contribution is -2.11. The first-order valence-corrected chi connectivity index (χ1v) is 6.76. The summed E-state index contributed by atoms with van der Waals surface area (Å²) in [6.45, 7) is 3.93. The Kier molecular flexibility index (Phi) is 4.77. The summed E-state index contributed by atoms with van der Waals surface area (Å²) in [7, 11) is 0. The van der Waals surface area contributed by atoms with Gasteiger partial charge >= 0.3 is 5.97 Å². The van der Waals surface area contributed by atoms with Gasteiger partial charge in [-0.2, -0.15) is 0 Å². The van der Waals surface area contributed by atoms with E-state index in [0.29, 0.717) is 22.8 Å². The maximum Gasteiger partial charge on any atom is 0.341 e. The molecule has 0 aliphatic heterocycles. The second-order valence-corrected chi connectivity index (χ2v) is 4.58. The molecule has 0 saturated carbocycles. The van der Waals surface area contributed by atoms with Gasteiger partial charge in [0.2, 0.25) is 5.95 Å². The number of rotatable bonds is 5. The van der Waals surface area contributed by atoms with Crippen molar-refractivity contribution >= 4 is 11.9 Å². The molecule has 0 aliphatic carbocycles. The van der Waals surface area contributed by atoms with Crippen LogP contribution in [0.15, 0.2) is 24.4 Å². The van der Waals surface area contributed by atoms with Gasteiger partial charge in [-0.3, -0.25) is 0 Å². The average Bonchev–Trinajstić information content (AvgIpc) is 2.48. The SMILES string of the molecule is CCOC(=O)c1cnc(NCc2cc(O)ccc2O)nc1C. The van der Waals surface area contributed by atoms with Gasteiger partial charge in [0.05, 0.1) is 17.9 Å². The van der Waals surface area contributed by atoms with Crippen LogP contribution in [0.3, 0.4) is 0 Å². The second-order valence-electron chi connectivity index (χ2n) is 4.58. The third-order valence-corrected chi connectivity index (χ3v) is 2.97. The minimum Gasteiger partial charge on any atom is -0.508 e. The third-order valence-electron chi connectivity index (χ3n) is 2.97. The number of hydrogen-bond acceptors (Lipinski definition) is 7. The average molecular weight is 303 g/mol. The maximum atomic E-state index is 11.7. The van der Waals surface area contributed by atoms with Gasteiger partial charge in [0.1, 0.15) is 11.5 Å². The van der Waals surface area contributed by atoms with E-state index in [0.717, 1.165) is 0 Å². The van der Waals surface area contributed by atoms with Gasteiger partial charge in [0.15, 0.2) is 0 Å². The summed E-state index contributed by atoms with van der Waals surface area (Å²) in [6.07, 6.45) is 1.39. The highest BCUT2D eigenvalue weighted by molar-refractivity contribution is 5.90. The summed E-state index contributed by atoms with van der Waals surface area (Å²) >= 11 is 0. The lowest BCUT2D eigenvalue weighted by atomic mass is 10.2. The van der Waals surface area contributed by atoms with Gasteiger partial charge in [-0.25, -0.2) is 14.8 Å². The second kappa shape index (κ2) is 6.75. The molecule has 1 aromatic heterocycles. The molecular weight excluding hydrogens is 286 g/mol. The fourth-order valence-electron chi connectivity index (χ4n) is 1.85. The Morgan fingerprint density at radius 2 is 2.14 bits per heavy atom. The molecule has 0 bridgehead atoms. The lowest BCUT2D eigenvalue weighted by Gasteiger charge is -2.09. The summed E-state index contributed by atoms with van der Waals surface area (Å²) in [5.41, 5.74) is 1.32. The molecule has 1 aromatic carbocycles. The number of nitrogens with zero attached hydrogens (tertiary/aromatic N) is 2. The smallest absolute Gasteiger partial charge is 0.341 e. The Morgan fingerprint density at radius 1 is 1.36 bits per heavy atom. The van der Waals surface area contributed by atoms with Gasteiger partial charge in [-0.15, -0.1) is 0 Å². The van der Waals surface area contributed by atoms with Gasteiger partial charge < -0.3 is 20.3 Å². The topological polar surface area (TPSA) is 105 Å². The zero-order valence-corrected chi connectivity index (χ0v) is 12.3. The molecule has 7 heteroatoms. The molecule has 7 nitrogen and oxygen atoms in total. The van der Waals surface area contributed by atoms with Crippen molar-refractivity contribution in [1.82, 2.24) is 9.97 Å².